The summed E-state index contributed by atoms with van der Waals surface area (Å²) in [5, 5.41) is 6.01. The first-order valence-corrected chi connectivity index (χ1v) is 6.42. The lowest BCUT2D eigenvalue weighted by atomic mass is 9.97. The molecule has 2 rings (SSSR count). The summed E-state index contributed by atoms with van der Waals surface area (Å²) in [4.78, 5) is 0. The van der Waals surface area contributed by atoms with Gasteiger partial charge in [0, 0.05) is 12.5 Å². The van der Waals surface area contributed by atoms with E-state index >= 15 is 0 Å². The predicted octanol–water partition coefficient (Wildman–Crippen LogP) is 3.38. The minimum absolute atomic E-state index is 0.451. The third-order valence-electron chi connectivity index (χ3n) is 3.39. The highest BCUT2D eigenvalue weighted by Gasteiger charge is 2.08. The van der Waals surface area contributed by atoms with E-state index in [9.17, 15) is 0 Å². The Morgan fingerprint density at radius 3 is 2.72 bits per heavy atom. The van der Waals surface area contributed by atoms with Gasteiger partial charge in [0.25, 0.3) is 0 Å². The molecule has 0 bridgehead atoms. The molecule has 0 radical (unpaired) electrons. The summed E-state index contributed by atoms with van der Waals surface area (Å²) in [7, 11) is 2.01. The monoisotopic (exact) mass is 237 g/mol. The van der Waals surface area contributed by atoms with Crippen LogP contribution in [0, 0.1) is 12.3 Å². The molecule has 2 aromatic rings. The van der Waals surface area contributed by atoms with Crippen molar-refractivity contribution in [1.82, 2.24) is 5.32 Å². The van der Waals surface area contributed by atoms with E-state index in [1.54, 1.807) is 0 Å². The Bertz CT molecular complexity index is 546. The van der Waals surface area contributed by atoms with Gasteiger partial charge < -0.3 is 5.32 Å². The lowest BCUT2D eigenvalue weighted by molar-refractivity contribution is 0.529. The molecule has 18 heavy (non-hydrogen) atoms. The van der Waals surface area contributed by atoms with Gasteiger partial charge in [0.2, 0.25) is 0 Å². The fraction of sp³-hybridized carbons (Fsp3) is 0.294. The van der Waals surface area contributed by atoms with Crippen molar-refractivity contribution in [1.29, 1.82) is 0 Å². The Morgan fingerprint density at radius 1 is 1.17 bits per heavy atom. The van der Waals surface area contributed by atoms with Gasteiger partial charge in [-0.15, -0.1) is 12.3 Å². The van der Waals surface area contributed by atoms with Crippen molar-refractivity contribution >= 4 is 10.8 Å². The van der Waals surface area contributed by atoms with Crippen LogP contribution in [0.15, 0.2) is 42.5 Å². The highest BCUT2D eigenvalue weighted by atomic mass is 14.9. The second-order valence-corrected chi connectivity index (χ2v) is 4.57. The van der Waals surface area contributed by atoms with Gasteiger partial charge in [-0.25, -0.2) is 0 Å². The van der Waals surface area contributed by atoms with E-state index in [1.807, 2.05) is 7.05 Å². The summed E-state index contributed by atoms with van der Waals surface area (Å²) in [5.74, 6) is 2.72. The Balaban J connectivity index is 2.23. The van der Waals surface area contributed by atoms with Crippen LogP contribution in [0.2, 0.25) is 0 Å². The number of nitrogens with one attached hydrogen (secondary N) is 1. The molecule has 0 aliphatic rings. The van der Waals surface area contributed by atoms with Crippen molar-refractivity contribution < 1.29 is 0 Å². The number of hydrogen-bond acceptors (Lipinski definition) is 1. The predicted molar refractivity (Wildman–Crippen MR) is 78.6 cm³/mol. The molecule has 0 aliphatic heterocycles. The zero-order chi connectivity index (χ0) is 12.8. The van der Waals surface area contributed by atoms with Gasteiger partial charge >= 0.3 is 0 Å². The van der Waals surface area contributed by atoms with E-state index in [0.29, 0.717) is 6.04 Å². The lowest BCUT2D eigenvalue weighted by Gasteiger charge is -2.16. The molecule has 2 aromatic carbocycles. The third-order valence-corrected chi connectivity index (χ3v) is 3.39. The second kappa shape index (κ2) is 6.23. The fourth-order valence-corrected chi connectivity index (χ4v) is 2.34. The van der Waals surface area contributed by atoms with Gasteiger partial charge in [-0.3, -0.25) is 0 Å². The maximum absolute atomic E-state index is 5.34. The first-order chi connectivity index (χ1) is 8.85. The van der Waals surface area contributed by atoms with Crippen LogP contribution in [0.3, 0.4) is 0 Å². The Labute approximate surface area is 109 Å². The van der Waals surface area contributed by atoms with E-state index < -0.39 is 0 Å². The summed E-state index contributed by atoms with van der Waals surface area (Å²) in [5.41, 5.74) is 1.39. The Kier molecular flexibility index (Phi) is 4.39. The molecule has 1 unspecified atom stereocenters. The maximum atomic E-state index is 5.34. The second-order valence-electron chi connectivity index (χ2n) is 4.57. The van der Waals surface area contributed by atoms with E-state index in [4.69, 9.17) is 6.42 Å². The quantitative estimate of drug-likeness (QED) is 0.786. The molecule has 0 aromatic heterocycles. The highest BCUT2D eigenvalue weighted by molar-refractivity contribution is 5.85. The van der Waals surface area contributed by atoms with Crippen LogP contribution in [0.4, 0.5) is 0 Å². The van der Waals surface area contributed by atoms with Crippen molar-refractivity contribution in [3.63, 3.8) is 0 Å². The van der Waals surface area contributed by atoms with Crippen molar-refractivity contribution in [3.05, 3.63) is 48.0 Å². The molecule has 0 aliphatic carbocycles. The fourth-order valence-electron chi connectivity index (χ4n) is 2.34. The molecule has 0 amide bonds. The van der Waals surface area contributed by atoms with E-state index in [-0.39, 0.29) is 0 Å². The Morgan fingerprint density at radius 2 is 1.94 bits per heavy atom. The molecule has 1 atom stereocenters. The normalized spacial score (nSPS) is 12.2. The van der Waals surface area contributed by atoms with Gasteiger partial charge in [0.05, 0.1) is 0 Å². The number of fused-ring (bicyclic) bond motifs is 1. The highest BCUT2D eigenvalue weighted by Crippen LogP contribution is 2.20. The number of likely N-dealkylation sites (N-methyl/N-ethyl adjacent to an activating group) is 1. The summed E-state index contributed by atoms with van der Waals surface area (Å²) >= 11 is 0. The van der Waals surface area contributed by atoms with Crippen LogP contribution in [0.25, 0.3) is 10.8 Å². The summed E-state index contributed by atoms with van der Waals surface area (Å²) in [6.45, 7) is 0. The molecule has 0 heterocycles. The third kappa shape index (κ3) is 2.91. The number of terminal acetylenes is 1. The van der Waals surface area contributed by atoms with Crippen molar-refractivity contribution in [3.8, 4) is 12.3 Å². The van der Waals surface area contributed by atoms with E-state index in [1.165, 1.54) is 16.3 Å². The maximum Gasteiger partial charge on any atom is 0.0114 e. The smallest absolute Gasteiger partial charge is 0.0114 e. The van der Waals surface area contributed by atoms with Gasteiger partial charge in [0.1, 0.15) is 0 Å². The molecule has 1 heteroatoms. The molecule has 92 valence electrons. The van der Waals surface area contributed by atoms with Crippen LogP contribution in [-0.2, 0) is 6.42 Å². The van der Waals surface area contributed by atoms with Gasteiger partial charge in [0.15, 0.2) is 0 Å². The molecule has 0 saturated carbocycles. The molecular weight excluding hydrogens is 218 g/mol. The van der Waals surface area contributed by atoms with Crippen LogP contribution in [0.1, 0.15) is 18.4 Å². The largest absolute Gasteiger partial charge is 0.317 e. The average molecular weight is 237 g/mol. The molecule has 1 nitrogen and oxygen atoms in total. The van der Waals surface area contributed by atoms with Gasteiger partial charge in [-0.1, -0.05) is 42.5 Å². The number of rotatable bonds is 5. The average Bonchev–Trinajstić information content (AvgIpc) is 2.43. The topological polar surface area (TPSA) is 12.0 Å². The summed E-state index contributed by atoms with van der Waals surface area (Å²) in [6.07, 6.45) is 8.22. The first kappa shape index (κ1) is 12.7. The molecule has 0 fully saturated rings. The van der Waals surface area contributed by atoms with Crippen LogP contribution >= 0.6 is 0 Å². The van der Waals surface area contributed by atoms with E-state index in [2.05, 4.69) is 53.7 Å². The van der Waals surface area contributed by atoms with Gasteiger partial charge in [-0.05, 0) is 36.2 Å². The summed E-state index contributed by atoms with van der Waals surface area (Å²) < 4.78 is 0. The zero-order valence-electron chi connectivity index (χ0n) is 10.8. The number of benzene rings is 2. The Hall–Kier alpha value is -1.78. The molecular formula is C17H19N. The lowest BCUT2D eigenvalue weighted by Crippen LogP contribution is -2.27. The van der Waals surface area contributed by atoms with Crippen LogP contribution in [0.5, 0.6) is 0 Å². The van der Waals surface area contributed by atoms with E-state index in [0.717, 1.165) is 19.3 Å². The van der Waals surface area contributed by atoms with Crippen molar-refractivity contribution in [2.45, 2.75) is 25.3 Å². The number of hydrogen-bond donors (Lipinski definition) is 1. The van der Waals surface area contributed by atoms with Gasteiger partial charge in [-0.2, -0.15) is 0 Å². The zero-order valence-corrected chi connectivity index (χ0v) is 10.8. The summed E-state index contributed by atoms with van der Waals surface area (Å²) in [6, 6.07) is 15.5. The standard InChI is InChI=1S/C17H19N/c1-3-4-11-16(18-2)13-15-10-7-9-14-8-5-6-12-17(14)15/h1,5-10,12,16,18H,4,11,13H2,2H3. The first-order valence-electron chi connectivity index (χ1n) is 6.42. The molecule has 0 spiro atoms. The van der Waals surface area contributed by atoms with Crippen LogP contribution in [-0.4, -0.2) is 13.1 Å². The molecule has 1 N–H and O–H groups in total. The SMILES string of the molecule is C#CCCC(Cc1cccc2ccccc12)NC. The van der Waals surface area contributed by atoms with Crippen LogP contribution < -0.4 is 5.32 Å². The minimum atomic E-state index is 0.451. The minimum Gasteiger partial charge on any atom is -0.317 e. The molecule has 0 saturated heterocycles. The van der Waals surface area contributed by atoms with Crippen molar-refractivity contribution in [2.75, 3.05) is 7.05 Å². The van der Waals surface area contributed by atoms with Crippen molar-refractivity contribution in [2.24, 2.45) is 0 Å².